The number of rotatable bonds is 4. The molecular weight excluding hydrogens is 222 g/mol. The van der Waals surface area contributed by atoms with Gasteiger partial charge in [0.1, 0.15) is 5.75 Å². The zero-order valence-corrected chi connectivity index (χ0v) is 11.6. The molecular formula is C16H25NO. The predicted molar refractivity (Wildman–Crippen MR) is 75.8 cm³/mol. The predicted octanol–water partition coefficient (Wildman–Crippen LogP) is 3.53. The molecule has 0 heterocycles. The molecule has 2 rings (SSSR count). The van der Waals surface area contributed by atoms with Crippen molar-refractivity contribution in [3.8, 4) is 5.75 Å². The van der Waals surface area contributed by atoms with E-state index in [1.165, 1.54) is 31.2 Å². The first-order valence-corrected chi connectivity index (χ1v) is 7.16. The molecule has 2 N–H and O–H groups in total. The van der Waals surface area contributed by atoms with E-state index in [0.29, 0.717) is 12.0 Å². The first-order valence-electron chi connectivity index (χ1n) is 7.16. The topological polar surface area (TPSA) is 35.2 Å². The lowest BCUT2D eigenvalue weighted by molar-refractivity contribution is 0.242. The highest BCUT2D eigenvalue weighted by Gasteiger charge is 2.21. The average molecular weight is 247 g/mol. The van der Waals surface area contributed by atoms with E-state index in [2.05, 4.69) is 38.1 Å². The van der Waals surface area contributed by atoms with Gasteiger partial charge in [0, 0.05) is 6.04 Å². The molecule has 0 amide bonds. The Hall–Kier alpha value is -1.02. The maximum atomic E-state index is 6.20. The fraction of sp³-hybridized carbons (Fsp3) is 0.625. The molecule has 2 heteroatoms. The van der Waals surface area contributed by atoms with E-state index in [1.54, 1.807) is 0 Å². The molecule has 0 spiro atoms. The lowest BCUT2D eigenvalue weighted by Gasteiger charge is -2.28. The molecule has 1 fully saturated rings. The van der Waals surface area contributed by atoms with Crippen LogP contribution >= 0.6 is 0 Å². The van der Waals surface area contributed by atoms with E-state index in [-0.39, 0.29) is 6.10 Å². The third kappa shape index (κ3) is 3.74. The van der Waals surface area contributed by atoms with Crippen molar-refractivity contribution in [1.82, 2.24) is 0 Å². The Morgan fingerprint density at radius 2 is 1.83 bits per heavy atom. The van der Waals surface area contributed by atoms with Gasteiger partial charge in [0.25, 0.3) is 0 Å². The highest BCUT2D eigenvalue weighted by Crippen LogP contribution is 2.26. The van der Waals surface area contributed by atoms with Gasteiger partial charge in [-0.25, -0.2) is 0 Å². The first-order chi connectivity index (χ1) is 8.65. The number of nitrogens with two attached hydrogens (primary N) is 1. The molecule has 2 nitrogen and oxygen atoms in total. The summed E-state index contributed by atoms with van der Waals surface area (Å²) in [6.07, 6.45) is 6.47. The second-order valence-electron chi connectivity index (χ2n) is 5.72. The van der Waals surface area contributed by atoms with Crippen LogP contribution in [0.3, 0.4) is 0 Å². The van der Waals surface area contributed by atoms with Gasteiger partial charge in [-0.2, -0.15) is 0 Å². The molecule has 2 atom stereocenters. The van der Waals surface area contributed by atoms with Crippen LogP contribution in [-0.2, 0) is 6.42 Å². The summed E-state index contributed by atoms with van der Waals surface area (Å²) in [6, 6.07) is 8.90. The van der Waals surface area contributed by atoms with E-state index in [4.69, 9.17) is 10.5 Å². The van der Waals surface area contributed by atoms with Crippen LogP contribution in [0.4, 0.5) is 0 Å². The minimum absolute atomic E-state index is 0.239. The molecule has 1 aliphatic carbocycles. The molecule has 1 aliphatic rings. The molecule has 0 saturated heterocycles. The van der Waals surface area contributed by atoms with Crippen molar-refractivity contribution in [2.45, 2.75) is 58.1 Å². The summed E-state index contributed by atoms with van der Waals surface area (Å²) < 4.78 is 5.66. The standard InChI is InChI=1S/C16H25NO/c1-12(2)18-15-9-7-13(8-10-15)11-14-5-3-4-6-16(14)17/h7-10,12,14,16H,3-6,11,17H2,1-2H3. The van der Waals surface area contributed by atoms with Gasteiger partial charge in [0.05, 0.1) is 6.10 Å². The molecule has 1 saturated carbocycles. The molecule has 1 aromatic rings. The third-order valence-electron chi connectivity index (χ3n) is 3.76. The van der Waals surface area contributed by atoms with E-state index in [1.807, 2.05) is 0 Å². The average Bonchev–Trinajstić information content (AvgIpc) is 2.34. The van der Waals surface area contributed by atoms with Crippen molar-refractivity contribution in [1.29, 1.82) is 0 Å². The summed E-state index contributed by atoms with van der Waals surface area (Å²) in [5.41, 5.74) is 7.58. The van der Waals surface area contributed by atoms with Crippen LogP contribution in [0, 0.1) is 5.92 Å². The summed E-state index contributed by atoms with van der Waals surface area (Å²) in [7, 11) is 0. The zero-order valence-electron chi connectivity index (χ0n) is 11.6. The molecule has 0 aliphatic heterocycles. The van der Waals surface area contributed by atoms with Gasteiger partial charge in [-0.1, -0.05) is 25.0 Å². The van der Waals surface area contributed by atoms with Gasteiger partial charge < -0.3 is 10.5 Å². The summed E-state index contributed by atoms with van der Waals surface area (Å²) in [4.78, 5) is 0. The van der Waals surface area contributed by atoms with Crippen LogP contribution in [0.15, 0.2) is 24.3 Å². The van der Waals surface area contributed by atoms with Gasteiger partial charge in [-0.3, -0.25) is 0 Å². The smallest absolute Gasteiger partial charge is 0.119 e. The Morgan fingerprint density at radius 1 is 1.17 bits per heavy atom. The second kappa shape index (κ2) is 6.24. The monoisotopic (exact) mass is 247 g/mol. The van der Waals surface area contributed by atoms with Crippen molar-refractivity contribution in [2.24, 2.45) is 11.7 Å². The molecule has 0 bridgehead atoms. The van der Waals surface area contributed by atoms with E-state index < -0.39 is 0 Å². The number of hydrogen-bond acceptors (Lipinski definition) is 2. The van der Waals surface area contributed by atoms with E-state index >= 15 is 0 Å². The van der Waals surface area contributed by atoms with Crippen LogP contribution in [0.5, 0.6) is 5.75 Å². The van der Waals surface area contributed by atoms with E-state index in [0.717, 1.165) is 12.2 Å². The molecule has 18 heavy (non-hydrogen) atoms. The maximum absolute atomic E-state index is 6.20. The van der Waals surface area contributed by atoms with Crippen molar-refractivity contribution in [2.75, 3.05) is 0 Å². The largest absolute Gasteiger partial charge is 0.491 e. The highest BCUT2D eigenvalue weighted by atomic mass is 16.5. The van der Waals surface area contributed by atoms with Crippen LogP contribution < -0.4 is 10.5 Å². The van der Waals surface area contributed by atoms with Gasteiger partial charge in [-0.05, 0) is 56.7 Å². The fourth-order valence-corrected chi connectivity index (χ4v) is 2.77. The Bertz CT molecular complexity index is 358. The van der Waals surface area contributed by atoms with Gasteiger partial charge in [-0.15, -0.1) is 0 Å². The van der Waals surface area contributed by atoms with Crippen molar-refractivity contribution in [3.63, 3.8) is 0 Å². The van der Waals surface area contributed by atoms with Crippen LogP contribution in [0.25, 0.3) is 0 Å². The van der Waals surface area contributed by atoms with E-state index in [9.17, 15) is 0 Å². The number of benzene rings is 1. The van der Waals surface area contributed by atoms with Crippen molar-refractivity contribution >= 4 is 0 Å². The number of ether oxygens (including phenoxy) is 1. The summed E-state index contributed by atoms with van der Waals surface area (Å²) in [6.45, 7) is 4.10. The van der Waals surface area contributed by atoms with Gasteiger partial charge >= 0.3 is 0 Å². The van der Waals surface area contributed by atoms with Crippen LogP contribution in [-0.4, -0.2) is 12.1 Å². The maximum Gasteiger partial charge on any atom is 0.119 e. The highest BCUT2D eigenvalue weighted by molar-refractivity contribution is 5.27. The first kappa shape index (κ1) is 13.4. The summed E-state index contributed by atoms with van der Waals surface area (Å²) in [5.74, 6) is 1.62. The Labute approximate surface area is 111 Å². The summed E-state index contributed by atoms with van der Waals surface area (Å²) in [5, 5.41) is 0. The molecule has 100 valence electrons. The van der Waals surface area contributed by atoms with Crippen molar-refractivity contribution < 1.29 is 4.74 Å². The lowest BCUT2D eigenvalue weighted by atomic mass is 9.81. The molecule has 0 radical (unpaired) electrons. The van der Waals surface area contributed by atoms with Gasteiger partial charge in [0.15, 0.2) is 0 Å². The Morgan fingerprint density at radius 3 is 2.44 bits per heavy atom. The third-order valence-corrected chi connectivity index (χ3v) is 3.76. The lowest BCUT2D eigenvalue weighted by Crippen LogP contribution is -2.34. The minimum atomic E-state index is 0.239. The molecule has 2 unspecified atom stereocenters. The van der Waals surface area contributed by atoms with Crippen LogP contribution in [0.1, 0.15) is 45.1 Å². The summed E-state index contributed by atoms with van der Waals surface area (Å²) >= 11 is 0. The number of hydrogen-bond donors (Lipinski definition) is 1. The van der Waals surface area contributed by atoms with Crippen molar-refractivity contribution in [3.05, 3.63) is 29.8 Å². The van der Waals surface area contributed by atoms with Crippen LogP contribution in [0.2, 0.25) is 0 Å². The SMILES string of the molecule is CC(C)Oc1ccc(CC2CCCCC2N)cc1. The quantitative estimate of drug-likeness (QED) is 0.883. The minimum Gasteiger partial charge on any atom is -0.491 e. The normalized spacial score (nSPS) is 24.2. The fourth-order valence-electron chi connectivity index (χ4n) is 2.77. The second-order valence-corrected chi connectivity index (χ2v) is 5.72. The zero-order chi connectivity index (χ0) is 13.0. The Balaban J connectivity index is 1.93. The molecule has 1 aromatic carbocycles. The Kier molecular flexibility index (Phi) is 4.65. The molecule has 0 aromatic heterocycles. The van der Waals surface area contributed by atoms with Gasteiger partial charge in [0.2, 0.25) is 0 Å².